The van der Waals surface area contributed by atoms with Crippen molar-refractivity contribution in [2.75, 3.05) is 23.3 Å². The monoisotopic (exact) mass is 331 g/mol. The molecule has 0 unspecified atom stereocenters. The second-order valence-corrected chi connectivity index (χ2v) is 5.79. The zero-order valence-electron chi connectivity index (χ0n) is 13.6. The third-order valence-corrected chi connectivity index (χ3v) is 3.66. The maximum absolute atomic E-state index is 12.2. The van der Waals surface area contributed by atoms with Crippen molar-refractivity contribution in [3.63, 3.8) is 0 Å². The summed E-state index contributed by atoms with van der Waals surface area (Å²) in [4.78, 5) is 18.8. The molecule has 2 rings (SSSR count). The fourth-order valence-corrected chi connectivity index (χ4v) is 2.57. The summed E-state index contributed by atoms with van der Waals surface area (Å²) >= 11 is 5.91. The van der Waals surface area contributed by atoms with E-state index < -0.39 is 0 Å². The van der Waals surface area contributed by atoms with E-state index >= 15 is 0 Å². The molecule has 1 heterocycles. The van der Waals surface area contributed by atoms with E-state index in [-0.39, 0.29) is 5.91 Å². The van der Waals surface area contributed by atoms with Crippen LogP contribution in [0.5, 0.6) is 0 Å². The highest BCUT2D eigenvalue weighted by Crippen LogP contribution is 2.17. The van der Waals surface area contributed by atoms with Crippen molar-refractivity contribution in [1.82, 2.24) is 4.98 Å². The van der Waals surface area contributed by atoms with Gasteiger partial charge in [0, 0.05) is 23.7 Å². The Morgan fingerprint density at radius 1 is 1.17 bits per heavy atom. The molecule has 2 aromatic rings. The first-order valence-electron chi connectivity index (χ1n) is 7.92. The van der Waals surface area contributed by atoms with Gasteiger partial charge < -0.3 is 10.2 Å². The van der Waals surface area contributed by atoms with Crippen LogP contribution in [-0.4, -0.2) is 24.0 Å². The van der Waals surface area contributed by atoms with Crippen molar-refractivity contribution >= 4 is 29.0 Å². The molecule has 0 atom stereocenters. The molecule has 0 aliphatic carbocycles. The van der Waals surface area contributed by atoms with Gasteiger partial charge >= 0.3 is 0 Å². The van der Waals surface area contributed by atoms with E-state index in [0.29, 0.717) is 16.4 Å². The molecule has 4 nitrogen and oxygen atoms in total. The van der Waals surface area contributed by atoms with E-state index in [4.69, 9.17) is 11.6 Å². The molecule has 1 aromatic carbocycles. The molecule has 0 aliphatic rings. The lowest BCUT2D eigenvalue weighted by Gasteiger charge is -2.23. The Morgan fingerprint density at radius 2 is 1.91 bits per heavy atom. The number of benzene rings is 1. The second-order valence-electron chi connectivity index (χ2n) is 5.35. The Hall–Kier alpha value is -2.07. The van der Waals surface area contributed by atoms with E-state index in [0.717, 1.165) is 31.6 Å². The molecular weight excluding hydrogens is 310 g/mol. The van der Waals surface area contributed by atoms with Crippen molar-refractivity contribution in [2.24, 2.45) is 0 Å². The normalized spacial score (nSPS) is 10.4. The van der Waals surface area contributed by atoms with Crippen molar-refractivity contribution in [3.8, 4) is 0 Å². The zero-order valence-corrected chi connectivity index (χ0v) is 14.3. The number of nitrogens with one attached hydrogen (secondary N) is 1. The smallest absolute Gasteiger partial charge is 0.256 e. The van der Waals surface area contributed by atoms with Crippen LogP contribution in [0.3, 0.4) is 0 Å². The minimum Gasteiger partial charge on any atom is -0.370 e. The van der Waals surface area contributed by atoms with Gasteiger partial charge in [0.1, 0.15) is 5.82 Å². The summed E-state index contributed by atoms with van der Waals surface area (Å²) in [5.74, 6) is 0.318. The van der Waals surface area contributed by atoms with Crippen LogP contribution in [0.25, 0.3) is 0 Å². The summed E-state index contributed by atoms with van der Waals surface area (Å²) in [6.07, 6.45) is 3.99. The van der Waals surface area contributed by atoms with Gasteiger partial charge in [-0.05, 0) is 43.2 Å². The van der Waals surface area contributed by atoms with Gasteiger partial charge in [-0.1, -0.05) is 31.5 Å². The van der Waals surface area contributed by atoms with E-state index in [9.17, 15) is 4.79 Å². The number of aromatic nitrogens is 1. The Kier molecular flexibility index (Phi) is 6.41. The molecule has 23 heavy (non-hydrogen) atoms. The molecule has 1 N–H and O–H groups in total. The molecule has 0 radical (unpaired) electrons. The Labute approximate surface area is 142 Å². The first-order valence-corrected chi connectivity index (χ1v) is 8.29. The first kappa shape index (κ1) is 17.3. The molecule has 0 fully saturated rings. The van der Waals surface area contributed by atoms with Crippen molar-refractivity contribution in [2.45, 2.75) is 26.7 Å². The van der Waals surface area contributed by atoms with Crippen molar-refractivity contribution < 1.29 is 4.79 Å². The lowest BCUT2D eigenvalue weighted by atomic mass is 10.2. The number of carbonyl (C=O) groups excluding carboxylic acids is 1. The maximum atomic E-state index is 12.2. The molecule has 1 aromatic heterocycles. The number of hydrogen-bond donors (Lipinski definition) is 1. The number of amides is 1. The number of nitrogens with zero attached hydrogens (tertiary/aromatic N) is 2. The molecule has 122 valence electrons. The van der Waals surface area contributed by atoms with Crippen LogP contribution in [0.1, 0.15) is 37.0 Å². The van der Waals surface area contributed by atoms with Gasteiger partial charge in [0.05, 0.1) is 11.9 Å². The number of hydrogen-bond acceptors (Lipinski definition) is 3. The lowest BCUT2D eigenvalue weighted by Crippen LogP contribution is -2.25. The highest BCUT2D eigenvalue weighted by molar-refractivity contribution is 6.31. The quantitative estimate of drug-likeness (QED) is 0.805. The maximum Gasteiger partial charge on any atom is 0.256 e. The zero-order chi connectivity index (χ0) is 16.7. The predicted octanol–water partition coefficient (Wildman–Crippen LogP) is 4.61. The van der Waals surface area contributed by atoms with E-state index in [1.54, 1.807) is 30.5 Å². The SMILES string of the molecule is CCCN(CCC)c1ccc(NC(=O)c2cccc(Cl)c2)nc1. The summed E-state index contributed by atoms with van der Waals surface area (Å²) in [6, 6.07) is 10.7. The fraction of sp³-hybridized carbons (Fsp3) is 0.333. The molecule has 0 saturated carbocycles. The molecule has 0 bridgehead atoms. The van der Waals surface area contributed by atoms with Gasteiger partial charge in [0.2, 0.25) is 0 Å². The Balaban J connectivity index is 2.06. The number of anilines is 2. The Morgan fingerprint density at radius 3 is 2.48 bits per heavy atom. The summed E-state index contributed by atoms with van der Waals surface area (Å²) in [7, 11) is 0. The van der Waals surface area contributed by atoms with Crippen LogP contribution in [0.15, 0.2) is 42.6 Å². The standard InChI is InChI=1S/C18H22ClN3O/c1-3-10-22(11-4-2)16-8-9-17(20-13-16)21-18(23)14-6-5-7-15(19)12-14/h5-9,12-13H,3-4,10-11H2,1-2H3,(H,20,21,23). The predicted molar refractivity (Wildman–Crippen MR) is 96.4 cm³/mol. The summed E-state index contributed by atoms with van der Waals surface area (Å²) < 4.78 is 0. The minimum atomic E-state index is -0.216. The third-order valence-electron chi connectivity index (χ3n) is 3.43. The number of rotatable bonds is 7. The van der Waals surface area contributed by atoms with Crippen LogP contribution < -0.4 is 10.2 Å². The van der Waals surface area contributed by atoms with Gasteiger partial charge in [0.15, 0.2) is 0 Å². The van der Waals surface area contributed by atoms with Gasteiger partial charge in [-0.3, -0.25) is 4.79 Å². The van der Waals surface area contributed by atoms with Gasteiger partial charge in [0.25, 0.3) is 5.91 Å². The van der Waals surface area contributed by atoms with Crippen LogP contribution in [0, 0.1) is 0 Å². The van der Waals surface area contributed by atoms with E-state index in [2.05, 4.69) is 29.0 Å². The molecule has 0 spiro atoms. The van der Waals surface area contributed by atoms with Gasteiger partial charge in [-0.25, -0.2) is 4.98 Å². The van der Waals surface area contributed by atoms with Crippen molar-refractivity contribution in [1.29, 1.82) is 0 Å². The fourth-order valence-electron chi connectivity index (χ4n) is 2.38. The van der Waals surface area contributed by atoms with E-state index in [1.807, 2.05) is 12.1 Å². The van der Waals surface area contributed by atoms with Gasteiger partial charge in [-0.2, -0.15) is 0 Å². The topological polar surface area (TPSA) is 45.2 Å². The highest BCUT2D eigenvalue weighted by Gasteiger charge is 2.09. The van der Waals surface area contributed by atoms with Crippen LogP contribution in [0.2, 0.25) is 5.02 Å². The van der Waals surface area contributed by atoms with Crippen molar-refractivity contribution in [3.05, 3.63) is 53.2 Å². The van der Waals surface area contributed by atoms with Crippen LogP contribution in [-0.2, 0) is 0 Å². The second kappa shape index (κ2) is 8.53. The summed E-state index contributed by atoms with van der Waals surface area (Å²) in [5.41, 5.74) is 1.59. The largest absolute Gasteiger partial charge is 0.370 e. The van der Waals surface area contributed by atoms with Crippen LogP contribution in [0.4, 0.5) is 11.5 Å². The highest BCUT2D eigenvalue weighted by atomic mass is 35.5. The first-order chi connectivity index (χ1) is 11.1. The minimum absolute atomic E-state index is 0.216. The van der Waals surface area contributed by atoms with E-state index in [1.165, 1.54) is 0 Å². The average Bonchev–Trinajstić information content (AvgIpc) is 2.55. The molecule has 1 amide bonds. The molecular formula is C18H22ClN3O. The molecule has 5 heteroatoms. The number of carbonyl (C=O) groups is 1. The van der Waals surface area contributed by atoms with Crippen LogP contribution >= 0.6 is 11.6 Å². The third kappa shape index (κ3) is 4.96. The Bertz CT molecular complexity index is 637. The number of pyridine rings is 1. The summed E-state index contributed by atoms with van der Waals surface area (Å²) in [5, 5.41) is 3.33. The molecule has 0 aliphatic heterocycles. The summed E-state index contributed by atoms with van der Waals surface area (Å²) in [6.45, 7) is 6.33. The average molecular weight is 332 g/mol. The number of halogens is 1. The lowest BCUT2D eigenvalue weighted by molar-refractivity contribution is 0.102. The molecule has 0 saturated heterocycles. The van der Waals surface area contributed by atoms with Gasteiger partial charge in [-0.15, -0.1) is 0 Å².